The van der Waals surface area contributed by atoms with E-state index in [9.17, 15) is 44.7 Å². The number of aliphatic hydroxyl groups excluding tert-OH is 3. The summed E-state index contributed by atoms with van der Waals surface area (Å²) in [7, 11) is 0. The van der Waals surface area contributed by atoms with Crippen LogP contribution >= 0.6 is 11.8 Å². The number of esters is 1. The zero-order valence-electron chi connectivity index (χ0n) is 24.9. The molecule has 0 aliphatic carbocycles. The van der Waals surface area contributed by atoms with Crippen LogP contribution in [0.1, 0.15) is 67.2 Å². The van der Waals surface area contributed by atoms with Crippen LogP contribution in [0, 0.1) is 5.41 Å². The molecule has 0 spiro atoms. The highest BCUT2D eigenvalue weighted by Gasteiger charge is 2.78. The lowest BCUT2D eigenvalue weighted by molar-refractivity contribution is -0.364. The van der Waals surface area contributed by atoms with Gasteiger partial charge < -0.3 is 51.0 Å². The van der Waals surface area contributed by atoms with E-state index in [0.717, 1.165) is 19.1 Å². The minimum Gasteiger partial charge on any atom is -0.479 e. The van der Waals surface area contributed by atoms with E-state index in [1.54, 1.807) is 11.8 Å². The largest absolute Gasteiger partial charge is 0.479 e. The van der Waals surface area contributed by atoms with Crippen molar-refractivity contribution in [1.29, 1.82) is 0 Å². The number of fused-ring (bicyclic) bond motifs is 1. The Morgan fingerprint density at radius 1 is 1.14 bits per heavy atom. The molecule has 3 fully saturated rings. The van der Waals surface area contributed by atoms with Crippen LogP contribution < -0.4 is 16.0 Å². The lowest BCUT2D eigenvalue weighted by Crippen LogP contribution is -2.89. The van der Waals surface area contributed by atoms with Gasteiger partial charge in [-0.25, -0.2) is 9.59 Å². The van der Waals surface area contributed by atoms with Crippen LogP contribution in [0.15, 0.2) is 0 Å². The molecule has 0 aromatic heterocycles. The van der Waals surface area contributed by atoms with Gasteiger partial charge in [-0.3, -0.25) is 9.59 Å². The van der Waals surface area contributed by atoms with E-state index in [1.807, 2.05) is 0 Å². The lowest BCUT2D eigenvalue weighted by Gasteiger charge is -2.69. The van der Waals surface area contributed by atoms with Crippen LogP contribution in [0.3, 0.4) is 0 Å². The molecule has 8 N–H and O–H groups in total. The number of rotatable bonds is 12. The Balaban J connectivity index is 1.79. The number of aliphatic carboxylic acids is 1. The molecule has 3 rings (SSSR count). The number of hydrogen-bond acceptors (Lipinski definition) is 11. The molecule has 3 heterocycles. The molecule has 3 amide bonds. The number of carboxylic acids is 1. The fraction of sp³-hybridized carbons (Fsp3) is 0.852. The maximum Gasteiger partial charge on any atom is 0.340 e. The summed E-state index contributed by atoms with van der Waals surface area (Å²) in [6.45, 7) is 5.98. The predicted octanol–water partition coefficient (Wildman–Crippen LogP) is -0.746. The zero-order chi connectivity index (χ0) is 31.9. The van der Waals surface area contributed by atoms with Gasteiger partial charge in [0, 0.05) is 29.8 Å². The van der Waals surface area contributed by atoms with E-state index in [2.05, 4.69) is 16.0 Å². The van der Waals surface area contributed by atoms with E-state index in [-0.39, 0.29) is 29.8 Å². The molecule has 0 aromatic rings. The lowest BCUT2D eigenvalue weighted by atomic mass is 9.50. The first-order valence-electron chi connectivity index (χ1n) is 14.1. The average molecular weight is 620 g/mol. The number of carbonyl (C=O) groups is 4. The quantitative estimate of drug-likeness (QED) is 0.0768. The number of unbranched alkanes of at least 4 members (excludes halogenated alkanes) is 1. The van der Waals surface area contributed by atoms with Gasteiger partial charge in [-0.1, -0.05) is 20.3 Å². The first-order valence-corrected chi connectivity index (χ1v) is 15.1. The number of hydrogen-bond donors (Lipinski definition) is 8. The topological polar surface area (TPSA) is 224 Å². The summed E-state index contributed by atoms with van der Waals surface area (Å²) in [5.41, 5.74) is -10.5. The second kappa shape index (κ2) is 12.1. The van der Waals surface area contributed by atoms with Crippen molar-refractivity contribution in [2.45, 2.75) is 119 Å². The van der Waals surface area contributed by atoms with Crippen molar-refractivity contribution in [2.24, 2.45) is 5.41 Å². The summed E-state index contributed by atoms with van der Waals surface area (Å²) in [5, 5.41) is 62.2. The van der Waals surface area contributed by atoms with Crippen LogP contribution in [0.25, 0.3) is 0 Å². The summed E-state index contributed by atoms with van der Waals surface area (Å²) in [4.78, 5) is 49.6. The second-order valence-electron chi connectivity index (χ2n) is 12.6. The van der Waals surface area contributed by atoms with Crippen LogP contribution in [-0.4, -0.2) is 120 Å². The van der Waals surface area contributed by atoms with Crippen molar-refractivity contribution in [1.82, 2.24) is 16.0 Å². The molecule has 3 saturated heterocycles. The zero-order valence-corrected chi connectivity index (χ0v) is 25.7. The molecule has 15 heteroatoms. The van der Waals surface area contributed by atoms with Gasteiger partial charge in [-0.15, -0.1) is 0 Å². The molecule has 7 unspecified atom stereocenters. The molecule has 0 saturated carbocycles. The van der Waals surface area contributed by atoms with Gasteiger partial charge in [0.05, 0.1) is 29.8 Å². The number of amides is 3. The fourth-order valence-electron chi connectivity index (χ4n) is 6.61. The highest BCUT2D eigenvalue weighted by Crippen LogP contribution is 2.59. The molecule has 14 nitrogen and oxygen atoms in total. The fourth-order valence-corrected chi connectivity index (χ4v) is 8.15. The molecule has 9 atom stereocenters. The number of ether oxygens (including phenoxy) is 2. The van der Waals surface area contributed by atoms with Crippen LogP contribution in [0.5, 0.6) is 0 Å². The van der Waals surface area contributed by atoms with Gasteiger partial charge in [0.2, 0.25) is 11.5 Å². The number of aliphatic hydroxyl groups is 4. The standard InChI is InChI=1S/C27H45N3O11S/c1-14(32)30-25(5)24(4,20(35)16(33)11-31)41-27(21(36)37,23(2,3)26(25,6)39)13-40-18(34)10-8-7-9-17-19-15(12-42-17)28-22(38)29-19/h15-17,19-20,31,33,35,39H,7-13H2,1-6H3,(H,30,32)(H,36,37)(H2,28,29,38)/t15-,16?,17?,19-,20?,24?,25?,26?,27?/m0/s1. The van der Waals surface area contributed by atoms with Crippen LogP contribution in [0.2, 0.25) is 0 Å². The third-order valence-electron chi connectivity index (χ3n) is 9.96. The van der Waals surface area contributed by atoms with E-state index >= 15 is 0 Å². The molecule has 3 aliphatic rings. The summed E-state index contributed by atoms with van der Waals surface area (Å²) in [6.07, 6.45) is -1.96. The normalized spacial score (nSPS) is 38.5. The van der Waals surface area contributed by atoms with Crippen molar-refractivity contribution >= 4 is 35.6 Å². The molecule has 240 valence electrons. The number of thioether (sulfide) groups is 1. The average Bonchev–Trinajstić information content (AvgIpc) is 3.45. The summed E-state index contributed by atoms with van der Waals surface area (Å²) < 4.78 is 11.6. The first-order chi connectivity index (χ1) is 19.3. The second-order valence-corrected chi connectivity index (χ2v) is 13.8. The van der Waals surface area contributed by atoms with Gasteiger partial charge in [-0.05, 0) is 33.6 Å². The monoisotopic (exact) mass is 619 g/mol. The van der Waals surface area contributed by atoms with E-state index in [4.69, 9.17) is 9.47 Å². The summed E-state index contributed by atoms with van der Waals surface area (Å²) in [5.74, 6) is -2.13. The number of urea groups is 1. The Morgan fingerprint density at radius 2 is 1.79 bits per heavy atom. The van der Waals surface area contributed by atoms with Gasteiger partial charge in [0.1, 0.15) is 24.4 Å². The molecule has 0 radical (unpaired) electrons. The number of nitrogens with one attached hydrogen (secondary N) is 3. The Hall–Kier alpha value is -2.17. The molecular weight excluding hydrogens is 574 g/mol. The smallest absolute Gasteiger partial charge is 0.340 e. The minimum absolute atomic E-state index is 0.0185. The third kappa shape index (κ3) is 5.47. The Labute approximate surface area is 249 Å². The Bertz CT molecular complexity index is 1070. The number of carboxylic acid groups (broad SMARTS) is 1. The van der Waals surface area contributed by atoms with E-state index < -0.39 is 71.0 Å². The molecule has 0 aromatic carbocycles. The molecular formula is C27H45N3O11S. The summed E-state index contributed by atoms with van der Waals surface area (Å²) in [6, 6.07) is -0.0404. The van der Waals surface area contributed by atoms with Gasteiger partial charge in [-0.2, -0.15) is 11.8 Å². The van der Waals surface area contributed by atoms with Crippen molar-refractivity contribution in [3.63, 3.8) is 0 Å². The highest BCUT2D eigenvalue weighted by atomic mass is 32.2. The van der Waals surface area contributed by atoms with Crippen molar-refractivity contribution in [2.75, 3.05) is 19.0 Å². The van der Waals surface area contributed by atoms with Crippen molar-refractivity contribution in [3.8, 4) is 0 Å². The van der Waals surface area contributed by atoms with Crippen LogP contribution in [0.4, 0.5) is 4.79 Å². The van der Waals surface area contributed by atoms with Crippen molar-refractivity contribution in [3.05, 3.63) is 0 Å². The van der Waals surface area contributed by atoms with E-state index in [0.29, 0.717) is 12.8 Å². The van der Waals surface area contributed by atoms with E-state index in [1.165, 1.54) is 34.6 Å². The molecule has 3 aliphatic heterocycles. The summed E-state index contributed by atoms with van der Waals surface area (Å²) >= 11 is 1.76. The maximum atomic E-state index is 13.0. The molecule has 42 heavy (non-hydrogen) atoms. The van der Waals surface area contributed by atoms with Gasteiger partial charge in [0.15, 0.2) is 0 Å². The molecule has 0 bridgehead atoms. The first kappa shape index (κ1) is 34.3. The van der Waals surface area contributed by atoms with Gasteiger partial charge in [0.25, 0.3) is 0 Å². The van der Waals surface area contributed by atoms with Gasteiger partial charge >= 0.3 is 18.0 Å². The Morgan fingerprint density at radius 3 is 2.36 bits per heavy atom. The predicted molar refractivity (Wildman–Crippen MR) is 150 cm³/mol. The SMILES string of the molecule is CC(=O)NC1(C)C(C)(C(O)C(O)CO)OC(COC(=O)CCCCC2SC[C@@H]3NC(=O)N[C@H]23)(C(=O)O)C(C)(C)C1(C)O. The van der Waals surface area contributed by atoms with Crippen molar-refractivity contribution < 1.29 is 54.2 Å². The highest BCUT2D eigenvalue weighted by molar-refractivity contribution is 8.00. The maximum absolute atomic E-state index is 13.0. The third-order valence-corrected chi connectivity index (χ3v) is 11.5. The minimum atomic E-state index is -2.46. The van der Waals surface area contributed by atoms with Crippen LogP contribution in [-0.2, 0) is 23.9 Å². The Kier molecular flexibility index (Phi) is 9.87. The number of carbonyl (C=O) groups excluding carboxylic acids is 3.